The van der Waals surface area contributed by atoms with Crippen LogP contribution in [0, 0.1) is 0 Å². The Morgan fingerprint density at radius 2 is 2.18 bits per heavy atom. The molecule has 0 atom stereocenters. The zero-order valence-electron chi connectivity index (χ0n) is 11.1. The van der Waals surface area contributed by atoms with Crippen molar-refractivity contribution in [2.75, 3.05) is 38.6 Å². The molecule has 1 aromatic heterocycles. The lowest BCUT2D eigenvalue weighted by Crippen LogP contribution is -2.29. The number of ether oxygens (including phenoxy) is 1. The van der Waals surface area contributed by atoms with Crippen LogP contribution in [0.2, 0.25) is 0 Å². The van der Waals surface area contributed by atoms with E-state index in [0.29, 0.717) is 5.88 Å². The smallest absolute Gasteiger partial charge is 0.214 e. The lowest BCUT2D eigenvalue weighted by atomic mass is 10.3. The van der Waals surface area contributed by atoms with Gasteiger partial charge in [-0.15, -0.1) is 0 Å². The summed E-state index contributed by atoms with van der Waals surface area (Å²) in [4.78, 5) is 6.51. The van der Waals surface area contributed by atoms with E-state index >= 15 is 0 Å². The van der Waals surface area contributed by atoms with Crippen LogP contribution in [0.15, 0.2) is 18.3 Å². The Labute approximate surface area is 104 Å². The average molecular weight is 237 g/mol. The molecule has 1 rings (SSSR count). The predicted molar refractivity (Wildman–Crippen MR) is 71.7 cm³/mol. The number of likely N-dealkylation sites (N-methyl/N-ethyl adjacent to an activating group) is 1. The lowest BCUT2D eigenvalue weighted by molar-refractivity contribution is 0.300. The van der Waals surface area contributed by atoms with Gasteiger partial charge in [-0.25, -0.2) is 4.98 Å². The topological polar surface area (TPSA) is 37.4 Å². The Morgan fingerprint density at radius 1 is 1.35 bits per heavy atom. The minimum Gasteiger partial charge on any atom is -0.481 e. The molecule has 0 aliphatic heterocycles. The molecule has 0 radical (unpaired) electrons. The predicted octanol–water partition coefficient (Wildman–Crippen LogP) is 2.23. The molecule has 0 amide bonds. The van der Waals surface area contributed by atoms with Crippen molar-refractivity contribution in [3.05, 3.63) is 18.3 Å². The molecule has 1 heterocycles. The second-order valence-electron chi connectivity index (χ2n) is 3.95. The number of rotatable bonds is 8. The van der Waals surface area contributed by atoms with Crippen molar-refractivity contribution in [1.29, 1.82) is 0 Å². The molecule has 0 bridgehead atoms. The van der Waals surface area contributed by atoms with Crippen LogP contribution in [0.25, 0.3) is 0 Å². The Hall–Kier alpha value is -1.29. The van der Waals surface area contributed by atoms with E-state index in [1.54, 1.807) is 13.3 Å². The molecule has 0 fully saturated rings. The summed E-state index contributed by atoms with van der Waals surface area (Å²) >= 11 is 0. The van der Waals surface area contributed by atoms with E-state index < -0.39 is 0 Å². The number of methoxy groups -OCH3 is 1. The van der Waals surface area contributed by atoms with E-state index in [4.69, 9.17) is 4.74 Å². The lowest BCUT2D eigenvalue weighted by Gasteiger charge is -2.19. The van der Waals surface area contributed by atoms with Gasteiger partial charge in [0.25, 0.3) is 0 Å². The maximum absolute atomic E-state index is 5.08. The van der Waals surface area contributed by atoms with Crippen molar-refractivity contribution in [1.82, 2.24) is 9.88 Å². The van der Waals surface area contributed by atoms with E-state index in [1.165, 1.54) is 6.42 Å². The molecule has 0 saturated carbocycles. The monoisotopic (exact) mass is 237 g/mol. The number of aromatic nitrogens is 1. The van der Waals surface area contributed by atoms with Crippen LogP contribution >= 0.6 is 0 Å². The maximum atomic E-state index is 5.08. The summed E-state index contributed by atoms with van der Waals surface area (Å²) in [5.74, 6) is 0.649. The summed E-state index contributed by atoms with van der Waals surface area (Å²) in [6, 6.07) is 3.87. The first-order chi connectivity index (χ1) is 8.30. The van der Waals surface area contributed by atoms with Gasteiger partial charge in [-0.1, -0.05) is 13.8 Å². The number of hydrogen-bond acceptors (Lipinski definition) is 4. The number of nitrogens with zero attached hydrogens (tertiary/aromatic N) is 2. The highest BCUT2D eigenvalue weighted by Gasteiger charge is 2.00. The van der Waals surface area contributed by atoms with Crippen LogP contribution in [0.4, 0.5) is 5.69 Å². The Bertz CT molecular complexity index is 317. The highest BCUT2D eigenvalue weighted by molar-refractivity contribution is 5.44. The van der Waals surface area contributed by atoms with E-state index in [1.807, 2.05) is 12.1 Å². The van der Waals surface area contributed by atoms with Gasteiger partial charge in [-0.2, -0.15) is 0 Å². The standard InChI is InChI=1S/C13H23N3O/c1-4-9-16(5-2)10-8-14-12-6-7-15-13(11-12)17-3/h6-7,11H,4-5,8-10H2,1-3H3,(H,14,15). The van der Waals surface area contributed by atoms with Crippen molar-refractivity contribution in [2.45, 2.75) is 20.3 Å². The third kappa shape index (κ3) is 5.04. The average Bonchev–Trinajstić information content (AvgIpc) is 2.38. The summed E-state index contributed by atoms with van der Waals surface area (Å²) in [5, 5.41) is 3.38. The third-order valence-corrected chi connectivity index (χ3v) is 2.69. The third-order valence-electron chi connectivity index (χ3n) is 2.69. The first-order valence-electron chi connectivity index (χ1n) is 6.26. The minimum absolute atomic E-state index is 0.649. The normalized spacial score (nSPS) is 10.6. The first-order valence-corrected chi connectivity index (χ1v) is 6.26. The van der Waals surface area contributed by atoms with Gasteiger partial charge in [0, 0.05) is 31.0 Å². The number of pyridine rings is 1. The molecular weight excluding hydrogens is 214 g/mol. The zero-order valence-corrected chi connectivity index (χ0v) is 11.1. The Balaban J connectivity index is 2.34. The molecule has 0 saturated heterocycles. The molecule has 0 aliphatic rings. The number of anilines is 1. The van der Waals surface area contributed by atoms with Crippen LogP contribution < -0.4 is 10.1 Å². The number of hydrogen-bond donors (Lipinski definition) is 1. The molecule has 0 aromatic carbocycles. The molecule has 1 aromatic rings. The summed E-state index contributed by atoms with van der Waals surface area (Å²) in [6.07, 6.45) is 2.96. The molecule has 4 nitrogen and oxygen atoms in total. The van der Waals surface area contributed by atoms with E-state index in [9.17, 15) is 0 Å². The van der Waals surface area contributed by atoms with Gasteiger partial charge in [-0.3, -0.25) is 0 Å². The summed E-state index contributed by atoms with van der Waals surface area (Å²) in [7, 11) is 1.63. The summed E-state index contributed by atoms with van der Waals surface area (Å²) in [6.45, 7) is 8.69. The minimum atomic E-state index is 0.649. The number of nitrogens with one attached hydrogen (secondary N) is 1. The van der Waals surface area contributed by atoms with Gasteiger partial charge in [-0.05, 0) is 25.6 Å². The largest absolute Gasteiger partial charge is 0.481 e. The fourth-order valence-corrected chi connectivity index (χ4v) is 1.73. The molecule has 0 unspecified atom stereocenters. The highest BCUT2D eigenvalue weighted by atomic mass is 16.5. The highest BCUT2D eigenvalue weighted by Crippen LogP contribution is 2.12. The second-order valence-corrected chi connectivity index (χ2v) is 3.95. The van der Waals surface area contributed by atoms with Gasteiger partial charge < -0.3 is 15.0 Å². The molecule has 0 aliphatic carbocycles. The molecule has 1 N–H and O–H groups in total. The Kier molecular flexibility index (Phi) is 6.40. The van der Waals surface area contributed by atoms with Gasteiger partial charge >= 0.3 is 0 Å². The molecule has 17 heavy (non-hydrogen) atoms. The summed E-state index contributed by atoms with van der Waals surface area (Å²) in [5.41, 5.74) is 1.06. The zero-order chi connectivity index (χ0) is 12.5. The van der Waals surface area contributed by atoms with Crippen molar-refractivity contribution in [2.24, 2.45) is 0 Å². The fourth-order valence-electron chi connectivity index (χ4n) is 1.73. The van der Waals surface area contributed by atoms with Crippen molar-refractivity contribution in [3.8, 4) is 5.88 Å². The molecule has 96 valence electrons. The SMILES string of the molecule is CCCN(CC)CCNc1ccnc(OC)c1. The van der Waals surface area contributed by atoms with Crippen LogP contribution in [0.5, 0.6) is 5.88 Å². The molecule has 0 spiro atoms. The van der Waals surface area contributed by atoms with Gasteiger partial charge in [0.1, 0.15) is 0 Å². The maximum Gasteiger partial charge on any atom is 0.214 e. The second kappa shape index (κ2) is 7.90. The quantitative estimate of drug-likeness (QED) is 0.752. The van der Waals surface area contributed by atoms with Gasteiger partial charge in [0.15, 0.2) is 0 Å². The van der Waals surface area contributed by atoms with E-state index in [2.05, 4.69) is 29.0 Å². The fraction of sp³-hybridized carbons (Fsp3) is 0.615. The van der Waals surface area contributed by atoms with Crippen molar-refractivity contribution >= 4 is 5.69 Å². The van der Waals surface area contributed by atoms with Crippen LogP contribution in [0.3, 0.4) is 0 Å². The van der Waals surface area contributed by atoms with Gasteiger partial charge in [0.05, 0.1) is 7.11 Å². The van der Waals surface area contributed by atoms with Crippen molar-refractivity contribution < 1.29 is 4.74 Å². The van der Waals surface area contributed by atoms with Crippen LogP contribution in [0.1, 0.15) is 20.3 Å². The molecular formula is C13H23N3O. The van der Waals surface area contributed by atoms with Crippen molar-refractivity contribution in [3.63, 3.8) is 0 Å². The molecule has 4 heteroatoms. The Morgan fingerprint density at radius 3 is 2.82 bits per heavy atom. The van der Waals surface area contributed by atoms with Crippen LogP contribution in [-0.4, -0.2) is 43.2 Å². The van der Waals surface area contributed by atoms with E-state index in [0.717, 1.165) is 31.9 Å². The summed E-state index contributed by atoms with van der Waals surface area (Å²) < 4.78 is 5.08. The van der Waals surface area contributed by atoms with Crippen LogP contribution in [-0.2, 0) is 0 Å². The first kappa shape index (κ1) is 13.8. The van der Waals surface area contributed by atoms with Gasteiger partial charge in [0.2, 0.25) is 5.88 Å². The van der Waals surface area contributed by atoms with E-state index in [-0.39, 0.29) is 0 Å².